The van der Waals surface area contributed by atoms with Crippen molar-refractivity contribution in [2.24, 2.45) is 0 Å². The number of nitrogens with zero attached hydrogens (tertiary/aromatic N) is 1. The van der Waals surface area contributed by atoms with Gasteiger partial charge >= 0.3 is 0 Å². The van der Waals surface area contributed by atoms with Gasteiger partial charge in [0.25, 0.3) is 0 Å². The fourth-order valence-corrected chi connectivity index (χ4v) is 4.82. The van der Waals surface area contributed by atoms with E-state index in [0.29, 0.717) is 6.61 Å². The molecule has 0 spiro atoms. The molecule has 0 saturated heterocycles. The zero-order valence-corrected chi connectivity index (χ0v) is 23.3. The molecule has 6 heteroatoms. The summed E-state index contributed by atoms with van der Waals surface area (Å²) in [5.41, 5.74) is 4.38. The highest BCUT2D eigenvalue weighted by Gasteiger charge is 2.30. The number of phenols is 2. The van der Waals surface area contributed by atoms with Gasteiger partial charge in [-0.15, -0.1) is 0 Å². The minimum atomic E-state index is -0.529. The van der Waals surface area contributed by atoms with Crippen LogP contribution >= 0.6 is 0 Å². The third-order valence-electron chi connectivity index (χ3n) is 7.29. The van der Waals surface area contributed by atoms with Crippen LogP contribution in [0.25, 0.3) is 0 Å². The summed E-state index contributed by atoms with van der Waals surface area (Å²) in [6.07, 6.45) is 0. The highest BCUT2D eigenvalue weighted by Crippen LogP contribution is 2.38. The minimum absolute atomic E-state index is 0.205. The maximum Gasteiger partial charge on any atom is 0.119 e. The van der Waals surface area contributed by atoms with Gasteiger partial charge in [0.05, 0.1) is 19.6 Å². The summed E-state index contributed by atoms with van der Waals surface area (Å²) in [5.74, 6) is 2.71. The van der Waals surface area contributed by atoms with Gasteiger partial charge < -0.3 is 29.3 Å². The van der Waals surface area contributed by atoms with Crippen LogP contribution in [-0.4, -0.2) is 31.0 Å². The van der Waals surface area contributed by atoms with E-state index in [2.05, 4.69) is 11.8 Å². The zero-order chi connectivity index (χ0) is 28.8. The molecular formula is C35H33NO5. The highest BCUT2D eigenvalue weighted by atomic mass is 16.5. The summed E-state index contributed by atoms with van der Waals surface area (Å²) in [6, 6.07) is 38.1. The van der Waals surface area contributed by atoms with E-state index >= 15 is 0 Å². The molecule has 0 aliphatic rings. The number of phenolic OH excluding ortho intramolecular Hbond substituents is 2. The Hall–Kier alpha value is -5.10. The Balaban J connectivity index is 1.43. The lowest BCUT2D eigenvalue weighted by molar-refractivity contribution is 0.253. The largest absolute Gasteiger partial charge is 0.508 e. The number of aromatic hydroxyl groups is 2. The van der Waals surface area contributed by atoms with Crippen molar-refractivity contribution in [3.63, 3.8) is 0 Å². The van der Waals surface area contributed by atoms with E-state index in [1.807, 2.05) is 97.1 Å². The minimum Gasteiger partial charge on any atom is -0.508 e. The van der Waals surface area contributed by atoms with Crippen LogP contribution in [0.1, 0.15) is 18.1 Å². The number of ether oxygens (including phenoxy) is 3. The first-order valence-electron chi connectivity index (χ1n) is 13.3. The van der Waals surface area contributed by atoms with Gasteiger partial charge in [0.15, 0.2) is 0 Å². The molecule has 5 aromatic rings. The second-order valence-electron chi connectivity index (χ2n) is 9.94. The van der Waals surface area contributed by atoms with E-state index in [4.69, 9.17) is 14.2 Å². The number of anilines is 3. The summed E-state index contributed by atoms with van der Waals surface area (Å²) in [5, 5.41) is 19.7. The zero-order valence-electron chi connectivity index (χ0n) is 23.3. The van der Waals surface area contributed by atoms with Gasteiger partial charge in [-0.25, -0.2) is 0 Å². The fourth-order valence-electron chi connectivity index (χ4n) is 4.82. The van der Waals surface area contributed by atoms with Crippen molar-refractivity contribution in [3.05, 3.63) is 132 Å². The van der Waals surface area contributed by atoms with Crippen molar-refractivity contribution >= 4 is 17.1 Å². The monoisotopic (exact) mass is 547 g/mol. The van der Waals surface area contributed by atoms with E-state index in [0.717, 1.165) is 45.4 Å². The van der Waals surface area contributed by atoms with Crippen LogP contribution in [0.2, 0.25) is 0 Å². The Labute approximate surface area is 240 Å². The molecule has 5 aromatic carbocycles. The normalized spacial score (nSPS) is 11.1. The van der Waals surface area contributed by atoms with Crippen molar-refractivity contribution in [1.82, 2.24) is 0 Å². The van der Waals surface area contributed by atoms with Gasteiger partial charge in [0.1, 0.15) is 35.4 Å². The summed E-state index contributed by atoms with van der Waals surface area (Å²) >= 11 is 0. The summed E-state index contributed by atoms with van der Waals surface area (Å²) in [7, 11) is 3.31. The molecule has 0 radical (unpaired) electrons. The molecule has 208 valence electrons. The standard InChI is InChI=1S/C35H33NO5/c1-35(25-4-14-30(37)15-5-25,26-6-16-31(38)17-7-26)24-41-34-22-12-29(13-23-34)36(27-8-18-32(39-2)19-9-27)28-10-20-33(40-3)21-11-28/h4-23,37-38H,24H2,1-3H3. The molecule has 0 aliphatic heterocycles. The lowest BCUT2D eigenvalue weighted by atomic mass is 9.77. The number of benzene rings is 5. The molecule has 2 N–H and O–H groups in total. The van der Waals surface area contributed by atoms with Crippen LogP contribution in [-0.2, 0) is 5.41 Å². The Morgan fingerprint density at radius 2 is 0.854 bits per heavy atom. The number of methoxy groups -OCH3 is 2. The van der Waals surface area contributed by atoms with Crippen LogP contribution in [0.3, 0.4) is 0 Å². The molecule has 0 bridgehead atoms. The van der Waals surface area contributed by atoms with E-state index < -0.39 is 5.41 Å². The van der Waals surface area contributed by atoms with Gasteiger partial charge in [-0.2, -0.15) is 0 Å². The maximum atomic E-state index is 9.84. The lowest BCUT2D eigenvalue weighted by Crippen LogP contribution is -2.31. The summed E-state index contributed by atoms with van der Waals surface area (Å²) < 4.78 is 17.1. The summed E-state index contributed by atoms with van der Waals surface area (Å²) in [6.45, 7) is 2.44. The van der Waals surface area contributed by atoms with Crippen molar-refractivity contribution in [2.45, 2.75) is 12.3 Å². The molecule has 0 heterocycles. The van der Waals surface area contributed by atoms with Gasteiger partial charge in [-0.05, 0) is 115 Å². The quantitative estimate of drug-likeness (QED) is 0.185. The predicted molar refractivity (Wildman–Crippen MR) is 162 cm³/mol. The van der Waals surface area contributed by atoms with E-state index in [9.17, 15) is 10.2 Å². The van der Waals surface area contributed by atoms with Crippen molar-refractivity contribution < 1.29 is 24.4 Å². The maximum absolute atomic E-state index is 9.84. The second kappa shape index (κ2) is 12.0. The first kappa shape index (κ1) is 27.5. The lowest BCUT2D eigenvalue weighted by Gasteiger charge is -2.31. The van der Waals surface area contributed by atoms with Crippen molar-refractivity contribution in [3.8, 4) is 28.7 Å². The van der Waals surface area contributed by atoms with Gasteiger partial charge in [0, 0.05) is 17.1 Å². The Morgan fingerprint density at radius 1 is 0.512 bits per heavy atom. The third kappa shape index (κ3) is 6.07. The van der Waals surface area contributed by atoms with Gasteiger partial charge in [0.2, 0.25) is 0 Å². The molecular weight excluding hydrogens is 514 g/mol. The molecule has 0 atom stereocenters. The molecule has 0 unspecified atom stereocenters. The van der Waals surface area contributed by atoms with Crippen LogP contribution in [0, 0.1) is 0 Å². The van der Waals surface area contributed by atoms with E-state index in [1.54, 1.807) is 38.5 Å². The highest BCUT2D eigenvalue weighted by molar-refractivity contribution is 5.77. The first-order valence-corrected chi connectivity index (χ1v) is 13.3. The van der Waals surface area contributed by atoms with E-state index in [-0.39, 0.29) is 11.5 Å². The third-order valence-corrected chi connectivity index (χ3v) is 7.29. The fraction of sp³-hybridized carbons (Fsp3) is 0.143. The molecule has 0 amide bonds. The molecule has 0 aromatic heterocycles. The van der Waals surface area contributed by atoms with Crippen LogP contribution in [0.4, 0.5) is 17.1 Å². The van der Waals surface area contributed by atoms with Gasteiger partial charge in [-0.3, -0.25) is 0 Å². The second-order valence-corrected chi connectivity index (χ2v) is 9.94. The average molecular weight is 548 g/mol. The smallest absolute Gasteiger partial charge is 0.119 e. The molecule has 0 fully saturated rings. The number of rotatable bonds is 10. The van der Waals surface area contributed by atoms with Crippen molar-refractivity contribution in [1.29, 1.82) is 0 Å². The molecule has 0 aliphatic carbocycles. The van der Waals surface area contributed by atoms with Crippen LogP contribution in [0.15, 0.2) is 121 Å². The molecule has 6 nitrogen and oxygen atoms in total. The van der Waals surface area contributed by atoms with Gasteiger partial charge in [-0.1, -0.05) is 24.3 Å². The predicted octanol–water partition coefficient (Wildman–Crippen LogP) is 7.97. The first-order chi connectivity index (χ1) is 19.9. The SMILES string of the molecule is COc1ccc(N(c2ccc(OC)cc2)c2ccc(OCC(C)(c3ccc(O)cc3)c3ccc(O)cc3)cc2)cc1. The summed E-state index contributed by atoms with van der Waals surface area (Å²) in [4.78, 5) is 2.15. The molecule has 5 rings (SSSR count). The Morgan fingerprint density at radius 3 is 1.20 bits per heavy atom. The van der Waals surface area contributed by atoms with Crippen LogP contribution in [0.5, 0.6) is 28.7 Å². The number of hydrogen-bond donors (Lipinski definition) is 2. The topological polar surface area (TPSA) is 71.4 Å². The van der Waals surface area contributed by atoms with E-state index in [1.165, 1.54) is 0 Å². The average Bonchev–Trinajstić information content (AvgIpc) is 3.02. The molecule has 41 heavy (non-hydrogen) atoms. The molecule has 0 saturated carbocycles. The van der Waals surface area contributed by atoms with Crippen molar-refractivity contribution in [2.75, 3.05) is 25.7 Å². The number of hydrogen-bond acceptors (Lipinski definition) is 6. The van der Waals surface area contributed by atoms with Crippen LogP contribution < -0.4 is 19.1 Å². The Kier molecular flexibility index (Phi) is 8.01. The Bertz CT molecular complexity index is 1450.